The van der Waals surface area contributed by atoms with E-state index in [2.05, 4.69) is 16.5 Å². The third-order valence-corrected chi connectivity index (χ3v) is 4.14. The summed E-state index contributed by atoms with van der Waals surface area (Å²) in [6.45, 7) is 3.74. The fourth-order valence-electron chi connectivity index (χ4n) is 2.95. The number of imidazole rings is 1. The third-order valence-electron chi connectivity index (χ3n) is 4.14. The van der Waals surface area contributed by atoms with Crippen molar-refractivity contribution in [1.29, 1.82) is 0 Å². The number of hydrogen-bond donors (Lipinski definition) is 1. The molecule has 2 heterocycles. The van der Waals surface area contributed by atoms with Gasteiger partial charge in [0.2, 0.25) is 5.91 Å². The Morgan fingerprint density at radius 1 is 1.60 bits per heavy atom. The van der Waals surface area contributed by atoms with E-state index in [4.69, 9.17) is 5.73 Å². The van der Waals surface area contributed by atoms with Gasteiger partial charge >= 0.3 is 0 Å². The van der Waals surface area contributed by atoms with Crippen LogP contribution in [0.1, 0.15) is 38.4 Å². The van der Waals surface area contributed by atoms with Gasteiger partial charge in [0.05, 0.1) is 6.04 Å². The number of aromatic nitrogens is 2. The maximum absolute atomic E-state index is 12.3. The van der Waals surface area contributed by atoms with Crippen LogP contribution in [-0.4, -0.2) is 39.5 Å². The lowest BCUT2D eigenvalue weighted by Crippen LogP contribution is -2.48. The Labute approximate surface area is 121 Å². The van der Waals surface area contributed by atoms with Gasteiger partial charge < -0.3 is 15.2 Å². The number of aryl methyl sites for hydroxylation is 1. The molecule has 1 amide bonds. The van der Waals surface area contributed by atoms with Crippen molar-refractivity contribution in [2.45, 2.75) is 45.1 Å². The molecule has 0 aromatic carbocycles. The Kier molecular flexibility index (Phi) is 5.17. The summed E-state index contributed by atoms with van der Waals surface area (Å²) in [6, 6.07) is -0.327. The number of hydrogen-bond acceptors (Lipinski definition) is 3. The molecule has 1 aliphatic heterocycles. The summed E-state index contributed by atoms with van der Waals surface area (Å²) < 4.78 is 2.06. The second kappa shape index (κ2) is 6.88. The zero-order chi connectivity index (χ0) is 14.5. The van der Waals surface area contributed by atoms with Gasteiger partial charge in [0.1, 0.15) is 5.82 Å². The van der Waals surface area contributed by atoms with Crippen molar-refractivity contribution in [1.82, 2.24) is 14.5 Å². The van der Waals surface area contributed by atoms with Crippen molar-refractivity contribution in [3.8, 4) is 0 Å². The number of carbonyl (C=O) groups excluding carboxylic acids is 1. The molecule has 1 aromatic rings. The Morgan fingerprint density at radius 3 is 3.05 bits per heavy atom. The standard InChI is InChI=1S/C15H26N4O/c1-3-5-13(16)15(20)19-8-4-6-12(11-19)10-14-17-7-9-18(14)2/h7,9,12-13H,3-6,8,10-11,16H2,1-2H3/t12-,13+/m1/s1. The molecule has 1 saturated heterocycles. The summed E-state index contributed by atoms with van der Waals surface area (Å²) in [6.07, 6.45) is 8.71. The summed E-state index contributed by atoms with van der Waals surface area (Å²) in [7, 11) is 2.02. The van der Waals surface area contributed by atoms with Crippen molar-refractivity contribution in [3.05, 3.63) is 18.2 Å². The number of likely N-dealkylation sites (tertiary alicyclic amines) is 1. The Bertz CT molecular complexity index is 443. The molecule has 0 saturated carbocycles. The quantitative estimate of drug-likeness (QED) is 0.883. The molecule has 112 valence electrons. The van der Waals surface area contributed by atoms with Gasteiger partial charge in [0.15, 0.2) is 0 Å². The summed E-state index contributed by atoms with van der Waals surface area (Å²) in [5, 5.41) is 0. The number of carbonyl (C=O) groups is 1. The van der Waals surface area contributed by atoms with E-state index in [0.29, 0.717) is 5.92 Å². The SMILES string of the molecule is CCC[C@H](N)C(=O)N1CCC[C@H](Cc2nccn2C)C1. The Hall–Kier alpha value is -1.36. The van der Waals surface area contributed by atoms with E-state index in [0.717, 1.165) is 44.6 Å². The van der Waals surface area contributed by atoms with E-state index in [1.807, 2.05) is 24.3 Å². The third kappa shape index (κ3) is 3.60. The van der Waals surface area contributed by atoms with Crippen LogP contribution in [0.2, 0.25) is 0 Å². The molecule has 5 heteroatoms. The Balaban J connectivity index is 1.91. The van der Waals surface area contributed by atoms with Crippen molar-refractivity contribution in [3.63, 3.8) is 0 Å². The normalized spacial score (nSPS) is 20.9. The predicted octanol–water partition coefficient (Wildman–Crippen LogP) is 1.33. The van der Waals surface area contributed by atoms with E-state index >= 15 is 0 Å². The molecule has 2 atom stereocenters. The van der Waals surface area contributed by atoms with Crippen LogP contribution < -0.4 is 5.73 Å². The van der Waals surface area contributed by atoms with E-state index < -0.39 is 0 Å². The van der Waals surface area contributed by atoms with Crippen LogP contribution in [0.15, 0.2) is 12.4 Å². The molecule has 20 heavy (non-hydrogen) atoms. The second-order valence-corrected chi connectivity index (χ2v) is 5.85. The second-order valence-electron chi connectivity index (χ2n) is 5.85. The summed E-state index contributed by atoms with van der Waals surface area (Å²) in [4.78, 5) is 18.6. The van der Waals surface area contributed by atoms with Crippen LogP contribution in [0.5, 0.6) is 0 Å². The molecular formula is C15H26N4O. The minimum absolute atomic E-state index is 0.122. The van der Waals surface area contributed by atoms with Crippen LogP contribution in [0, 0.1) is 5.92 Å². The maximum atomic E-state index is 12.3. The summed E-state index contributed by atoms with van der Waals surface area (Å²) >= 11 is 0. The first-order valence-corrected chi connectivity index (χ1v) is 7.62. The van der Waals surface area contributed by atoms with Gasteiger partial charge in [0.25, 0.3) is 0 Å². The number of piperidine rings is 1. The molecule has 0 aliphatic carbocycles. The molecule has 1 fully saturated rings. The van der Waals surface area contributed by atoms with Crippen molar-refractivity contribution in [2.75, 3.05) is 13.1 Å². The monoisotopic (exact) mass is 278 g/mol. The van der Waals surface area contributed by atoms with E-state index in [1.54, 1.807) is 0 Å². The molecule has 1 aromatic heterocycles. The first-order valence-electron chi connectivity index (χ1n) is 7.62. The van der Waals surface area contributed by atoms with Crippen molar-refractivity contribution >= 4 is 5.91 Å². The average Bonchev–Trinajstić information content (AvgIpc) is 2.84. The summed E-state index contributed by atoms with van der Waals surface area (Å²) in [5.41, 5.74) is 5.96. The Morgan fingerprint density at radius 2 is 2.40 bits per heavy atom. The minimum atomic E-state index is -0.327. The van der Waals surface area contributed by atoms with Crippen LogP contribution >= 0.6 is 0 Å². The molecule has 0 spiro atoms. The number of amides is 1. The van der Waals surface area contributed by atoms with Gasteiger partial charge in [-0.3, -0.25) is 4.79 Å². The number of rotatable bonds is 5. The fraction of sp³-hybridized carbons (Fsp3) is 0.733. The van der Waals surface area contributed by atoms with E-state index in [1.165, 1.54) is 6.42 Å². The predicted molar refractivity (Wildman–Crippen MR) is 79.1 cm³/mol. The fourth-order valence-corrected chi connectivity index (χ4v) is 2.95. The van der Waals surface area contributed by atoms with Gasteiger partial charge in [-0.25, -0.2) is 4.98 Å². The lowest BCUT2D eigenvalue weighted by Gasteiger charge is -2.34. The lowest BCUT2D eigenvalue weighted by atomic mass is 9.93. The molecule has 2 rings (SSSR count). The van der Waals surface area contributed by atoms with Crippen LogP contribution in [0.25, 0.3) is 0 Å². The zero-order valence-electron chi connectivity index (χ0n) is 12.6. The highest BCUT2D eigenvalue weighted by Crippen LogP contribution is 2.21. The first kappa shape index (κ1) is 15.0. The molecule has 0 unspecified atom stereocenters. The maximum Gasteiger partial charge on any atom is 0.239 e. The van der Waals surface area contributed by atoms with E-state index in [-0.39, 0.29) is 11.9 Å². The lowest BCUT2D eigenvalue weighted by molar-refractivity contribution is -0.134. The van der Waals surface area contributed by atoms with Gasteiger partial charge in [0, 0.05) is 39.0 Å². The zero-order valence-corrected chi connectivity index (χ0v) is 12.6. The largest absolute Gasteiger partial charge is 0.341 e. The van der Waals surface area contributed by atoms with Crippen LogP contribution in [0.4, 0.5) is 0 Å². The van der Waals surface area contributed by atoms with Gasteiger partial charge in [-0.15, -0.1) is 0 Å². The number of nitrogens with two attached hydrogens (primary N) is 1. The highest BCUT2D eigenvalue weighted by Gasteiger charge is 2.27. The molecule has 2 N–H and O–H groups in total. The average molecular weight is 278 g/mol. The first-order chi connectivity index (χ1) is 9.61. The molecule has 0 bridgehead atoms. The highest BCUT2D eigenvalue weighted by molar-refractivity contribution is 5.81. The van der Waals surface area contributed by atoms with Gasteiger partial charge in [-0.1, -0.05) is 13.3 Å². The van der Waals surface area contributed by atoms with Gasteiger partial charge in [-0.2, -0.15) is 0 Å². The van der Waals surface area contributed by atoms with Crippen molar-refractivity contribution < 1.29 is 4.79 Å². The molecular weight excluding hydrogens is 252 g/mol. The van der Waals surface area contributed by atoms with Crippen LogP contribution in [0.3, 0.4) is 0 Å². The smallest absolute Gasteiger partial charge is 0.239 e. The minimum Gasteiger partial charge on any atom is -0.341 e. The van der Waals surface area contributed by atoms with Crippen molar-refractivity contribution in [2.24, 2.45) is 18.7 Å². The molecule has 1 aliphatic rings. The molecule has 5 nitrogen and oxygen atoms in total. The summed E-state index contributed by atoms with van der Waals surface area (Å²) in [5.74, 6) is 1.72. The molecule has 0 radical (unpaired) electrons. The van der Waals surface area contributed by atoms with Gasteiger partial charge in [-0.05, 0) is 25.2 Å². The van der Waals surface area contributed by atoms with E-state index in [9.17, 15) is 4.79 Å². The van der Waals surface area contributed by atoms with Crippen LogP contribution in [-0.2, 0) is 18.3 Å². The topological polar surface area (TPSA) is 64.2 Å². The highest BCUT2D eigenvalue weighted by atomic mass is 16.2. The number of nitrogens with zero attached hydrogens (tertiary/aromatic N) is 3.